The number of methoxy groups -OCH3 is 1. The minimum Gasteiger partial charge on any atom is -0.444 e. The predicted octanol–water partition coefficient (Wildman–Crippen LogP) is 2.64. The Labute approximate surface area is 98.8 Å². The van der Waals surface area contributed by atoms with Gasteiger partial charge >= 0.3 is 6.09 Å². The van der Waals surface area contributed by atoms with E-state index in [1.165, 1.54) is 11.3 Å². The summed E-state index contributed by atoms with van der Waals surface area (Å²) in [6.45, 7) is 5.92. The molecule has 0 saturated heterocycles. The molecule has 1 N–H and O–H groups in total. The Kier molecular flexibility index (Phi) is 4.26. The van der Waals surface area contributed by atoms with Crippen LogP contribution in [0, 0.1) is 0 Å². The van der Waals surface area contributed by atoms with Gasteiger partial charge in [-0.05, 0) is 20.8 Å². The van der Waals surface area contributed by atoms with E-state index < -0.39 is 11.7 Å². The minimum absolute atomic E-state index is 0.494. The van der Waals surface area contributed by atoms with Gasteiger partial charge in [0.05, 0.1) is 11.5 Å². The first-order valence-corrected chi connectivity index (χ1v) is 5.66. The second-order valence-corrected chi connectivity index (χ2v) is 5.31. The number of rotatable bonds is 3. The van der Waals surface area contributed by atoms with Crippen molar-refractivity contribution in [2.75, 3.05) is 12.4 Å². The summed E-state index contributed by atoms with van der Waals surface area (Å²) < 4.78 is 10.0. The largest absolute Gasteiger partial charge is 0.444 e. The molecule has 1 heterocycles. The van der Waals surface area contributed by atoms with E-state index in [9.17, 15) is 4.79 Å². The van der Waals surface area contributed by atoms with Gasteiger partial charge in [0.25, 0.3) is 0 Å². The zero-order valence-corrected chi connectivity index (χ0v) is 10.7. The normalized spacial score (nSPS) is 11.2. The third-order valence-electron chi connectivity index (χ3n) is 1.45. The van der Waals surface area contributed by atoms with Crippen LogP contribution in [0.1, 0.15) is 25.6 Å². The zero-order valence-electron chi connectivity index (χ0n) is 9.86. The van der Waals surface area contributed by atoms with Crippen molar-refractivity contribution in [2.24, 2.45) is 0 Å². The van der Waals surface area contributed by atoms with Crippen LogP contribution < -0.4 is 5.32 Å². The number of carbonyl (C=O) groups excluding carboxylic acids is 1. The maximum absolute atomic E-state index is 11.4. The lowest BCUT2D eigenvalue weighted by molar-refractivity contribution is 0.0636. The Bertz CT molecular complexity index is 357. The van der Waals surface area contributed by atoms with E-state index >= 15 is 0 Å². The lowest BCUT2D eigenvalue weighted by Gasteiger charge is -2.18. The summed E-state index contributed by atoms with van der Waals surface area (Å²) in [7, 11) is 1.61. The van der Waals surface area contributed by atoms with E-state index in [1.54, 1.807) is 13.3 Å². The Morgan fingerprint density at radius 2 is 2.25 bits per heavy atom. The second kappa shape index (κ2) is 5.27. The van der Waals surface area contributed by atoms with Crippen molar-refractivity contribution in [3.8, 4) is 0 Å². The highest BCUT2D eigenvalue weighted by Crippen LogP contribution is 2.19. The molecule has 6 heteroatoms. The molecule has 0 bridgehead atoms. The highest BCUT2D eigenvalue weighted by atomic mass is 32.1. The van der Waals surface area contributed by atoms with Crippen LogP contribution in [-0.4, -0.2) is 23.8 Å². The van der Waals surface area contributed by atoms with E-state index in [2.05, 4.69) is 10.3 Å². The van der Waals surface area contributed by atoms with E-state index in [1.807, 2.05) is 20.8 Å². The predicted molar refractivity (Wildman–Crippen MR) is 62.7 cm³/mol. The van der Waals surface area contributed by atoms with Crippen molar-refractivity contribution in [1.29, 1.82) is 0 Å². The van der Waals surface area contributed by atoms with Crippen LogP contribution in [-0.2, 0) is 16.1 Å². The average Bonchev–Trinajstić information content (AvgIpc) is 2.49. The first-order valence-electron chi connectivity index (χ1n) is 4.84. The second-order valence-electron chi connectivity index (χ2n) is 4.19. The first kappa shape index (κ1) is 12.9. The Hall–Kier alpha value is -1.14. The molecule has 0 fully saturated rings. The average molecular weight is 244 g/mol. The van der Waals surface area contributed by atoms with Gasteiger partial charge in [-0.15, -0.1) is 0 Å². The fourth-order valence-corrected chi connectivity index (χ4v) is 1.74. The molecule has 0 unspecified atom stereocenters. The SMILES string of the molecule is COCc1cnc(NC(=O)OC(C)(C)C)s1. The summed E-state index contributed by atoms with van der Waals surface area (Å²) in [5, 5.41) is 3.08. The van der Waals surface area contributed by atoms with E-state index in [4.69, 9.17) is 9.47 Å². The van der Waals surface area contributed by atoms with Gasteiger partial charge < -0.3 is 9.47 Å². The van der Waals surface area contributed by atoms with Crippen LogP contribution in [0.25, 0.3) is 0 Å². The molecular formula is C10H16N2O3S. The topological polar surface area (TPSA) is 60.5 Å². The van der Waals surface area contributed by atoms with Crippen LogP contribution in [0.5, 0.6) is 0 Å². The molecule has 90 valence electrons. The number of aromatic nitrogens is 1. The molecule has 16 heavy (non-hydrogen) atoms. The van der Waals surface area contributed by atoms with Crippen molar-refractivity contribution in [3.63, 3.8) is 0 Å². The number of ether oxygens (including phenoxy) is 2. The van der Waals surface area contributed by atoms with Crippen LogP contribution in [0.15, 0.2) is 6.20 Å². The molecule has 0 saturated carbocycles. The third kappa shape index (κ3) is 4.59. The fourth-order valence-electron chi connectivity index (χ4n) is 0.965. The van der Waals surface area contributed by atoms with Crippen molar-refractivity contribution >= 4 is 22.6 Å². The maximum Gasteiger partial charge on any atom is 0.413 e. The summed E-state index contributed by atoms with van der Waals surface area (Å²) in [6, 6.07) is 0. The van der Waals surface area contributed by atoms with Gasteiger partial charge in [-0.1, -0.05) is 11.3 Å². The van der Waals surface area contributed by atoms with Crippen molar-refractivity contribution in [2.45, 2.75) is 33.0 Å². The van der Waals surface area contributed by atoms with E-state index in [0.29, 0.717) is 11.7 Å². The molecule has 1 aromatic rings. The summed E-state index contributed by atoms with van der Waals surface area (Å²) >= 11 is 1.36. The number of hydrogen-bond acceptors (Lipinski definition) is 5. The van der Waals surface area contributed by atoms with Gasteiger partial charge in [0, 0.05) is 13.3 Å². The highest BCUT2D eigenvalue weighted by molar-refractivity contribution is 7.15. The molecule has 0 aliphatic heterocycles. The van der Waals surface area contributed by atoms with Gasteiger partial charge in [0.15, 0.2) is 5.13 Å². The molecule has 0 aliphatic rings. The number of nitrogens with zero attached hydrogens (tertiary/aromatic N) is 1. The molecule has 5 nitrogen and oxygen atoms in total. The Balaban J connectivity index is 2.50. The summed E-state index contributed by atoms with van der Waals surface area (Å²) in [5.41, 5.74) is -0.503. The first-order chi connectivity index (χ1) is 7.40. The number of hydrogen-bond donors (Lipinski definition) is 1. The molecule has 1 aromatic heterocycles. The Morgan fingerprint density at radius 1 is 1.56 bits per heavy atom. The molecule has 0 radical (unpaired) electrons. The van der Waals surface area contributed by atoms with Crippen LogP contribution in [0.2, 0.25) is 0 Å². The molecule has 0 atom stereocenters. The minimum atomic E-state index is -0.503. The zero-order chi connectivity index (χ0) is 12.2. The number of thiazole rings is 1. The maximum atomic E-state index is 11.4. The molecular weight excluding hydrogens is 228 g/mol. The van der Waals surface area contributed by atoms with Crippen LogP contribution in [0.4, 0.5) is 9.93 Å². The van der Waals surface area contributed by atoms with E-state index in [0.717, 1.165) is 4.88 Å². The third-order valence-corrected chi connectivity index (χ3v) is 2.33. The number of amides is 1. The summed E-state index contributed by atoms with van der Waals surface area (Å²) in [4.78, 5) is 16.4. The van der Waals surface area contributed by atoms with Crippen molar-refractivity contribution < 1.29 is 14.3 Å². The van der Waals surface area contributed by atoms with Gasteiger partial charge in [0.2, 0.25) is 0 Å². The number of nitrogens with one attached hydrogen (secondary N) is 1. The van der Waals surface area contributed by atoms with Gasteiger partial charge in [0.1, 0.15) is 5.60 Å². The molecule has 1 amide bonds. The molecule has 1 rings (SSSR count). The van der Waals surface area contributed by atoms with Crippen molar-refractivity contribution in [3.05, 3.63) is 11.1 Å². The van der Waals surface area contributed by atoms with Gasteiger partial charge in [-0.3, -0.25) is 5.32 Å². The fraction of sp³-hybridized carbons (Fsp3) is 0.600. The van der Waals surface area contributed by atoms with Crippen LogP contribution in [0.3, 0.4) is 0 Å². The Morgan fingerprint density at radius 3 is 2.81 bits per heavy atom. The lowest BCUT2D eigenvalue weighted by Crippen LogP contribution is -2.27. The summed E-state index contributed by atoms with van der Waals surface area (Å²) in [6.07, 6.45) is 1.17. The monoisotopic (exact) mass is 244 g/mol. The smallest absolute Gasteiger partial charge is 0.413 e. The molecule has 0 aliphatic carbocycles. The standard InChI is InChI=1S/C10H16N2O3S/c1-10(2,3)15-9(13)12-8-11-5-7(16-8)6-14-4/h5H,6H2,1-4H3,(H,11,12,13). The summed E-state index contributed by atoms with van der Waals surface area (Å²) in [5.74, 6) is 0. The number of anilines is 1. The van der Waals surface area contributed by atoms with E-state index in [-0.39, 0.29) is 0 Å². The lowest BCUT2D eigenvalue weighted by atomic mass is 10.2. The van der Waals surface area contributed by atoms with Crippen molar-refractivity contribution in [1.82, 2.24) is 4.98 Å². The molecule has 0 spiro atoms. The van der Waals surface area contributed by atoms with Gasteiger partial charge in [-0.25, -0.2) is 9.78 Å². The number of carbonyl (C=O) groups is 1. The van der Waals surface area contributed by atoms with Crippen LogP contribution >= 0.6 is 11.3 Å². The quantitative estimate of drug-likeness (QED) is 0.888. The molecule has 0 aromatic carbocycles. The highest BCUT2D eigenvalue weighted by Gasteiger charge is 2.17. The van der Waals surface area contributed by atoms with Gasteiger partial charge in [-0.2, -0.15) is 0 Å².